The van der Waals surface area contributed by atoms with Crippen LogP contribution in [0.5, 0.6) is 5.75 Å². The van der Waals surface area contributed by atoms with E-state index in [4.69, 9.17) is 4.74 Å². The van der Waals surface area contributed by atoms with Crippen molar-refractivity contribution in [1.82, 2.24) is 4.90 Å². The van der Waals surface area contributed by atoms with Gasteiger partial charge in [0.25, 0.3) is 0 Å². The molecule has 0 unspecified atom stereocenters. The molecule has 0 aliphatic carbocycles. The third-order valence-electron chi connectivity index (χ3n) is 3.20. The molecule has 104 valence electrons. The lowest BCUT2D eigenvalue weighted by atomic mass is 10.1. The Morgan fingerprint density at radius 1 is 1.47 bits per heavy atom. The number of benzene rings is 1. The molecule has 2 rings (SSSR count). The zero-order chi connectivity index (χ0) is 14.0. The highest BCUT2D eigenvalue weighted by Gasteiger charge is 2.24. The van der Waals surface area contributed by atoms with Gasteiger partial charge < -0.3 is 14.5 Å². The van der Waals surface area contributed by atoms with E-state index in [1.165, 1.54) is 5.56 Å². The molecule has 0 aromatic heterocycles. The Morgan fingerprint density at radius 2 is 2.21 bits per heavy atom. The molecular weight excluding hydrogens is 308 g/mol. The van der Waals surface area contributed by atoms with Crippen LogP contribution in [0.15, 0.2) is 16.6 Å². The Morgan fingerprint density at radius 3 is 2.84 bits per heavy atom. The number of rotatable bonds is 4. The molecule has 1 amide bonds. The zero-order valence-corrected chi connectivity index (χ0v) is 13.2. The van der Waals surface area contributed by atoms with Crippen molar-refractivity contribution in [2.24, 2.45) is 0 Å². The summed E-state index contributed by atoms with van der Waals surface area (Å²) in [5, 5.41) is 0. The molecule has 19 heavy (non-hydrogen) atoms. The molecule has 1 aliphatic heterocycles. The van der Waals surface area contributed by atoms with Gasteiger partial charge in [0.2, 0.25) is 5.91 Å². The molecule has 0 radical (unpaired) electrons. The normalized spacial score (nSPS) is 13.8. The predicted molar refractivity (Wildman–Crippen MR) is 79.9 cm³/mol. The zero-order valence-electron chi connectivity index (χ0n) is 11.6. The van der Waals surface area contributed by atoms with Crippen molar-refractivity contribution in [3.8, 4) is 5.75 Å². The van der Waals surface area contributed by atoms with Gasteiger partial charge in [0.15, 0.2) is 0 Å². The number of amides is 1. The van der Waals surface area contributed by atoms with Gasteiger partial charge in [-0.25, -0.2) is 0 Å². The minimum absolute atomic E-state index is 0.0836. The van der Waals surface area contributed by atoms with Gasteiger partial charge in [0.1, 0.15) is 12.4 Å². The summed E-state index contributed by atoms with van der Waals surface area (Å²) in [5.74, 6) is 0.883. The van der Waals surface area contributed by atoms with Gasteiger partial charge in [0.05, 0.1) is 10.2 Å². The summed E-state index contributed by atoms with van der Waals surface area (Å²) < 4.78 is 6.73. The van der Waals surface area contributed by atoms with Crippen molar-refractivity contribution in [3.05, 3.63) is 22.2 Å². The Balaban J connectivity index is 2.17. The summed E-state index contributed by atoms with van der Waals surface area (Å²) in [4.78, 5) is 15.5. The number of ether oxygens (including phenoxy) is 1. The number of nitrogens with zero attached hydrogens (tertiary/aromatic N) is 2. The van der Waals surface area contributed by atoms with Crippen LogP contribution in [-0.2, 0) is 11.2 Å². The van der Waals surface area contributed by atoms with E-state index in [9.17, 15) is 4.79 Å². The van der Waals surface area contributed by atoms with Crippen LogP contribution in [0, 0.1) is 0 Å². The average molecular weight is 327 g/mol. The van der Waals surface area contributed by atoms with Crippen LogP contribution in [0.3, 0.4) is 0 Å². The van der Waals surface area contributed by atoms with Crippen molar-refractivity contribution in [2.75, 3.05) is 38.7 Å². The second kappa shape index (κ2) is 5.92. The van der Waals surface area contributed by atoms with Crippen LogP contribution in [-0.4, -0.2) is 44.6 Å². The van der Waals surface area contributed by atoms with Crippen molar-refractivity contribution in [3.63, 3.8) is 0 Å². The number of fused-ring (bicyclic) bond motifs is 1. The van der Waals surface area contributed by atoms with Crippen molar-refractivity contribution in [1.29, 1.82) is 0 Å². The van der Waals surface area contributed by atoms with Crippen LogP contribution in [0.2, 0.25) is 0 Å². The van der Waals surface area contributed by atoms with Crippen molar-refractivity contribution in [2.45, 2.75) is 13.3 Å². The van der Waals surface area contributed by atoms with Gasteiger partial charge in [-0.2, -0.15) is 0 Å². The summed E-state index contributed by atoms with van der Waals surface area (Å²) in [7, 11) is 4.02. The molecule has 0 N–H and O–H groups in total. The van der Waals surface area contributed by atoms with Crippen LogP contribution in [0.25, 0.3) is 0 Å². The van der Waals surface area contributed by atoms with Crippen molar-refractivity contribution >= 4 is 27.5 Å². The van der Waals surface area contributed by atoms with E-state index in [0.717, 1.165) is 35.4 Å². The van der Waals surface area contributed by atoms with Gasteiger partial charge in [0, 0.05) is 26.1 Å². The van der Waals surface area contributed by atoms with Crippen LogP contribution >= 0.6 is 15.9 Å². The summed E-state index contributed by atoms with van der Waals surface area (Å²) in [6.45, 7) is 3.85. The third-order valence-corrected chi connectivity index (χ3v) is 3.82. The van der Waals surface area contributed by atoms with Gasteiger partial charge in [-0.15, -0.1) is 0 Å². The largest absolute Gasteiger partial charge is 0.491 e. The fourth-order valence-electron chi connectivity index (χ4n) is 2.16. The van der Waals surface area contributed by atoms with E-state index in [1.54, 1.807) is 11.8 Å². The van der Waals surface area contributed by atoms with Gasteiger partial charge in [-0.05, 0) is 48.1 Å². The average Bonchev–Trinajstić information content (AvgIpc) is 2.71. The molecule has 0 saturated heterocycles. The van der Waals surface area contributed by atoms with E-state index in [2.05, 4.69) is 26.9 Å². The van der Waals surface area contributed by atoms with Crippen LogP contribution < -0.4 is 9.64 Å². The molecule has 0 saturated carbocycles. The number of carbonyl (C=O) groups excluding carboxylic acids is 1. The molecular formula is C14H19BrN2O2. The number of halogens is 1. The Hall–Kier alpha value is -1.07. The van der Waals surface area contributed by atoms with Gasteiger partial charge in [-0.1, -0.05) is 0 Å². The first kappa shape index (κ1) is 14.3. The summed E-state index contributed by atoms with van der Waals surface area (Å²) >= 11 is 3.53. The Labute approximate surface area is 122 Å². The molecule has 1 heterocycles. The lowest BCUT2D eigenvalue weighted by molar-refractivity contribution is -0.116. The van der Waals surface area contributed by atoms with Gasteiger partial charge in [-0.3, -0.25) is 4.79 Å². The quantitative estimate of drug-likeness (QED) is 0.851. The highest BCUT2D eigenvalue weighted by molar-refractivity contribution is 9.10. The van der Waals surface area contributed by atoms with E-state index in [-0.39, 0.29) is 5.91 Å². The monoisotopic (exact) mass is 326 g/mol. The van der Waals surface area contributed by atoms with E-state index in [1.807, 2.05) is 20.2 Å². The minimum Gasteiger partial charge on any atom is -0.491 e. The van der Waals surface area contributed by atoms with Gasteiger partial charge >= 0.3 is 0 Å². The lowest BCUT2D eigenvalue weighted by Crippen LogP contribution is -2.25. The highest BCUT2D eigenvalue weighted by atomic mass is 79.9. The SMILES string of the molecule is CC(=O)N1CCc2cc(Br)c(OCCN(C)C)cc21. The maximum atomic E-state index is 11.6. The van der Waals surface area contributed by atoms with Crippen molar-refractivity contribution < 1.29 is 9.53 Å². The second-order valence-electron chi connectivity index (χ2n) is 4.98. The molecule has 0 bridgehead atoms. The minimum atomic E-state index is 0.0836. The number of carbonyl (C=O) groups is 1. The first-order valence-corrected chi connectivity index (χ1v) is 7.16. The molecule has 0 fully saturated rings. The van der Waals surface area contributed by atoms with E-state index >= 15 is 0 Å². The molecule has 4 nitrogen and oxygen atoms in total. The molecule has 1 aliphatic rings. The molecule has 1 aromatic carbocycles. The number of likely N-dealkylation sites (N-methyl/N-ethyl adjacent to an activating group) is 1. The lowest BCUT2D eigenvalue weighted by Gasteiger charge is -2.17. The number of anilines is 1. The number of hydrogen-bond donors (Lipinski definition) is 0. The predicted octanol–water partition coefficient (Wildman–Crippen LogP) is 2.30. The van der Waals surface area contributed by atoms with Crippen LogP contribution in [0.4, 0.5) is 5.69 Å². The maximum absolute atomic E-state index is 11.6. The molecule has 0 spiro atoms. The third kappa shape index (κ3) is 3.28. The fourth-order valence-corrected chi connectivity index (χ4v) is 2.67. The smallest absolute Gasteiger partial charge is 0.223 e. The summed E-state index contributed by atoms with van der Waals surface area (Å²) in [6, 6.07) is 4.02. The topological polar surface area (TPSA) is 32.8 Å². The van der Waals surface area contributed by atoms with E-state index in [0.29, 0.717) is 6.61 Å². The first-order valence-electron chi connectivity index (χ1n) is 6.37. The Kier molecular flexibility index (Phi) is 4.47. The fraction of sp³-hybridized carbons (Fsp3) is 0.500. The molecule has 5 heteroatoms. The second-order valence-corrected chi connectivity index (χ2v) is 5.84. The highest BCUT2D eigenvalue weighted by Crippen LogP contribution is 2.37. The molecule has 1 aromatic rings. The standard InChI is InChI=1S/C14H19BrN2O2/c1-10(18)17-5-4-11-8-12(15)14(9-13(11)17)19-7-6-16(2)3/h8-9H,4-7H2,1-3H3. The first-order chi connectivity index (χ1) is 8.99. The number of hydrogen-bond acceptors (Lipinski definition) is 3. The Bertz CT molecular complexity index is 489. The molecule has 0 atom stereocenters. The van der Waals surface area contributed by atoms with E-state index < -0.39 is 0 Å². The summed E-state index contributed by atoms with van der Waals surface area (Å²) in [5.41, 5.74) is 2.18. The summed E-state index contributed by atoms with van der Waals surface area (Å²) in [6.07, 6.45) is 0.908. The maximum Gasteiger partial charge on any atom is 0.223 e. The van der Waals surface area contributed by atoms with Crippen LogP contribution in [0.1, 0.15) is 12.5 Å².